The van der Waals surface area contributed by atoms with Crippen LogP contribution in [0.1, 0.15) is 21.5 Å². The minimum absolute atomic E-state index is 0.388. The lowest BCUT2D eigenvalue weighted by Crippen LogP contribution is -2.11. The molecular formula is C17H15BrN2O. The second-order valence-corrected chi connectivity index (χ2v) is 6.07. The third-order valence-corrected chi connectivity index (χ3v) is 4.19. The number of nitrogens with zero attached hydrogens (tertiary/aromatic N) is 1. The van der Waals surface area contributed by atoms with E-state index in [9.17, 15) is 4.79 Å². The van der Waals surface area contributed by atoms with Crippen molar-refractivity contribution in [2.75, 3.05) is 0 Å². The summed E-state index contributed by atoms with van der Waals surface area (Å²) in [6, 6.07) is 14.0. The molecule has 0 bridgehead atoms. The molecule has 1 heterocycles. The van der Waals surface area contributed by atoms with Gasteiger partial charge in [-0.1, -0.05) is 22.0 Å². The Morgan fingerprint density at radius 3 is 2.71 bits per heavy atom. The molecule has 0 fully saturated rings. The summed E-state index contributed by atoms with van der Waals surface area (Å²) in [6.07, 6.45) is 2.08. The van der Waals surface area contributed by atoms with Crippen molar-refractivity contribution in [3.05, 3.63) is 69.8 Å². The van der Waals surface area contributed by atoms with Crippen molar-refractivity contribution in [3.63, 3.8) is 0 Å². The fraction of sp³-hybridized carbons (Fsp3) is 0.118. The number of aryl methyl sites for hydroxylation is 1. The van der Waals surface area contributed by atoms with Crippen molar-refractivity contribution in [3.8, 4) is 0 Å². The number of halogens is 1. The van der Waals surface area contributed by atoms with Crippen molar-refractivity contribution in [1.82, 2.24) is 4.57 Å². The fourth-order valence-electron chi connectivity index (χ4n) is 2.52. The zero-order chi connectivity index (χ0) is 15.0. The predicted octanol–water partition coefficient (Wildman–Crippen LogP) is 3.86. The lowest BCUT2D eigenvalue weighted by Gasteiger charge is -2.10. The lowest BCUT2D eigenvalue weighted by atomic mass is 10.0. The molecule has 0 aliphatic heterocycles. The highest BCUT2D eigenvalue weighted by Gasteiger charge is 2.07. The molecule has 3 rings (SSSR count). The van der Waals surface area contributed by atoms with Crippen molar-refractivity contribution in [2.45, 2.75) is 13.5 Å². The molecule has 0 radical (unpaired) electrons. The van der Waals surface area contributed by atoms with Gasteiger partial charge in [-0.15, -0.1) is 0 Å². The molecule has 106 valence electrons. The zero-order valence-corrected chi connectivity index (χ0v) is 13.2. The molecule has 4 heteroatoms. The van der Waals surface area contributed by atoms with Gasteiger partial charge in [-0.05, 0) is 54.4 Å². The number of hydrogen-bond acceptors (Lipinski definition) is 1. The molecule has 3 nitrogen and oxygen atoms in total. The molecular weight excluding hydrogens is 328 g/mol. The van der Waals surface area contributed by atoms with Gasteiger partial charge in [-0.25, -0.2) is 0 Å². The van der Waals surface area contributed by atoms with Crippen LogP contribution in [0.15, 0.2) is 53.1 Å². The molecule has 2 aromatic carbocycles. The number of nitrogens with two attached hydrogens (primary N) is 1. The summed E-state index contributed by atoms with van der Waals surface area (Å²) in [6.45, 7) is 2.78. The average molecular weight is 343 g/mol. The Morgan fingerprint density at radius 1 is 1.19 bits per heavy atom. The first-order valence-electron chi connectivity index (χ1n) is 6.68. The third kappa shape index (κ3) is 2.72. The number of hydrogen-bond donors (Lipinski definition) is 1. The Hall–Kier alpha value is -2.07. The van der Waals surface area contributed by atoms with Gasteiger partial charge >= 0.3 is 0 Å². The van der Waals surface area contributed by atoms with E-state index < -0.39 is 0 Å². The molecule has 0 aliphatic carbocycles. The standard InChI is InChI=1S/C17H15BrN2O/c1-11-8-13(17(19)21)2-3-14(11)10-20-7-6-12-9-15(18)4-5-16(12)20/h2-9H,10H2,1H3,(H2,19,21). The minimum Gasteiger partial charge on any atom is -0.366 e. The number of primary amides is 1. The molecule has 0 aliphatic rings. The Morgan fingerprint density at radius 2 is 2.00 bits per heavy atom. The Kier molecular flexibility index (Phi) is 3.55. The van der Waals surface area contributed by atoms with Crippen molar-refractivity contribution in [1.29, 1.82) is 0 Å². The SMILES string of the molecule is Cc1cc(C(N)=O)ccc1Cn1ccc2cc(Br)ccc21. The number of amides is 1. The summed E-state index contributed by atoms with van der Waals surface area (Å²) >= 11 is 3.49. The molecule has 0 saturated carbocycles. The maximum atomic E-state index is 11.2. The predicted molar refractivity (Wildman–Crippen MR) is 88.4 cm³/mol. The quantitative estimate of drug-likeness (QED) is 0.771. The Labute approximate surface area is 131 Å². The minimum atomic E-state index is -0.388. The highest BCUT2D eigenvalue weighted by molar-refractivity contribution is 9.10. The molecule has 1 aromatic heterocycles. The summed E-state index contributed by atoms with van der Waals surface area (Å²) in [5, 5.41) is 1.20. The number of carbonyl (C=O) groups is 1. The third-order valence-electron chi connectivity index (χ3n) is 3.70. The molecule has 0 saturated heterocycles. The van der Waals surface area contributed by atoms with Gasteiger partial charge in [0.15, 0.2) is 0 Å². The van der Waals surface area contributed by atoms with Crippen LogP contribution < -0.4 is 5.73 Å². The van der Waals surface area contributed by atoms with Gasteiger partial charge in [-0.2, -0.15) is 0 Å². The molecule has 2 N–H and O–H groups in total. The molecule has 0 atom stereocenters. The fourth-order valence-corrected chi connectivity index (χ4v) is 2.90. The summed E-state index contributed by atoms with van der Waals surface area (Å²) in [4.78, 5) is 11.2. The zero-order valence-electron chi connectivity index (χ0n) is 11.6. The van der Waals surface area contributed by atoms with Crippen LogP contribution in [-0.4, -0.2) is 10.5 Å². The van der Waals surface area contributed by atoms with Crippen molar-refractivity contribution in [2.24, 2.45) is 5.73 Å². The van der Waals surface area contributed by atoms with E-state index in [4.69, 9.17) is 5.73 Å². The van der Waals surface area contributed by atoms with E-state index in [2.05, 4.69) is 44.9 Å². The second-order valence-electron chi connectivity index (χ2n) is 5.15. The van der Waals surface area contributed by atoms with E-state index in [-0.39, 0.29) is 5.91 Å². The normalized spacial score (nSPS) is 11.0. The summed E-state index contributed by atoms with van der Waals surface area (Å²) in [5.74, 6) is -0.388. The van der Waals surface area contributed by atoms with Crippen LogP contribution in [0.25, 0.3) is 10.9 Å². The van der Waals surface area contributed by atoms with Crippen LogP contribution in [0.3, 0.4) is 0 Å². The lowest BCUT2D eigenvalue weighted by molar-refractivity contribution is 0.1000. The monoisotopic (exact) mass is 342 g/mol. The average Bonchev–Trinajstić information content (AvgIpc) is 2.83. The van der Waals surface area contributed by atoms with Crippen LogP contribution in [0.4, 0.5) is 0 Å². The molecule has 0 spiro atoms. The second kappa shape index (κ2) is 5.37. The first-order chi connectivity index (χ1) is 10.0. The maximum absolute atomic E-state index is 11.2. The van der Waals surface area contributed by atoms with E-state index >= 15 is 0 Å². The van der Waals surface area contributed by atoms with Gasteiger partial charge in [0.05, 0.1) is 0 Å². The van der Waals surface area contributed by atoms with Crippen molar-refractivity contribution >= 4 is 32.7 Å². The van der Waals surface area contributed by atoms with Gasteiger partial charge in [0, 0.05) is 33.7 Å². The van der Waals surface area contributed by atoms with Crippen LogP contribution in [0.2, 0.25) is 0 Å². The topological polar surface area (TPSA) is 48.0 Å². The van der Waals surface area contributed by atoms with Gasteiger partial charge in [-0.3, -0.25) is 4.79 Å². The highest BCUT2D eigenvalue weighted by atomic mass is 79.9. The highest BCUT2D eigenvalue weighted by Crippen LogP contribution is 2.22. The Balaban J connectivity index is 1.97. The van der Waals surface area contributed by atoms with E-state index in [0.717, 1.165) is 16.6 Å². The van der Waals surface area contributed by atoms with Gasteiger partial charge < -0.3 is 10.3 Å². The summed E-state index contributed by atoms with van der Waals surface area (Å²) in [7, 11) is 0. The summed E-state index contributed by atoms with van der Waals surface area (Å²) < 4.78 is 3.28. The summed E-state index contributed by atoms with van der Waals surface area (Å²) in [5.41, 5.74) is 9.31. The van der Waals surface area contributed by atoms with Gasteiger partial charge in [0.25, 0.3) is 0 Å². The number of benzene rings is 2. The molecule has 21 heavy (non-hydrogen) atoms. The van der Waals surface area contributed by atoms with E-state index in [1.165, 1.54) is 16.5 Å². The number of aromatic nitrogens is 1. The number of fused-ring (bicyclic) bond motifs is 1. The molecule has 0 unspecified atom stereocenters. The van der Waals surface area contributed by atoms with Crippen LogP contribution in [-0.2, 0) is 6.54 Å². The Bertz CT molecular complexity index is 836. The smallest absolute Gasteiger partial charge is 0.248 e. The number of rotatable bonds is 3. The molecule has 3 aromatic rings. The van der Waals surface area contributed by atoms with E-state index in [1.807, 2.05) is 25.1 Å². The van der Waals surface area contributed by atoms with Crippen LogP contribution in [0.5, 0.6) is 0 Å². The largest absolute Gasteiger partial charge is 0.366 e. The first-order valence-corrected chi connectivity index (χ1v) is 7.47. The molecule has 1 amide bonds. The van der Waals surface area contributed by atoms with Crippen molar-refractivity contribution < 1.29 is 4.79 Å². The van der Waals surface area contributed by atoms with Crippen LogP contribution >= 0.6 is 15.9 Å². The van der Waals surface area contributed by atoms with Gasteiger partial charge in [0.2, 0.25) is 5.91 Å². The van der Waals surface area contributed by atoms with E-state index in [0.29, 0.717) is 5.56 Å². The number of carbonyl (C=O) groups excluding carboxylic acids is 1. The first kappa shape index (κ1) is 13.9. The van der Waals surface area contributed by atoms with Crippen LogP contribution in [0, 0.1) is 6.92 Å². The maximum Gasteiger partial charge on any atom is 0.248 e. The van der Waals surface area contributed by atoms with E-state index in [1.54, 1.807) is 6.07 Å². The van der Waals surface area contributed by atoms with Gasteiger partial charge in [0.1, 0.15) is 0 Å².